The number of nitrogens with zero attached hydrogens (tertiary/aromatic N) is 3. The van der Waals surface area contributed by atoms with Gasteiger partial charge < -0.3 is 9.80 Å². The number of hydrogen-bond acceptors (Lipinski definition) is 5. The van der Waals surface area contributed by atoms with Crippen molar-refractivity contribution in [1.82, 2.24) is 9.80 Å². The molecule has 0 unspecified atom stereocenters. The molecule has 0 aliphatic carbocycles. The van der Waals surface area contributed by atoms with Crippen LogP contribution in [-0.2, 0) is 14.6 Å². The third-order valence-electron chi connectivity index (χ3n) is 5.23. The van der Waals surface area contributed by atoms with Crippen LogP contribution >= 0.6 is 0 Å². The number of halogens is 1. The van der Waals surface area contributed by atoms with Crippen molar-refractivity contribution in [3.63, 3.8) is 0 Å². The number of sulfone groups is 1. The first-order valence-corrected chi connectivity index (χ1v) is 10.9. The maximum absolute atomic E-state index is 13.0. The predicted octanol–water partition coefficient (Wildman–Crippen LogP) is 0.983. The molecule has 2 heterocycles. The molecular weight excluding hydrogens is 357 g/mol. The zero-order valence-electron chi connectivity index (χ0n) is 15.1. The average Bonchev–Trinajstić information content (AvgIpc) is 2.96. The molecule has 0 N–H and O–H groups in total. The van der Waals surface area contributed by atoms with E-state index in [0.29, 0.717) is 19.5 Å². The summed E-state index contributed by atoms with van der Waals surface area (Å²) in [5.41, 5.74) is 0.990. The monoisotopic (exact) mass is 383 g/mol. The van der Waals surface area contributed by atoms with Gasteiger partial charge in [-0.15, -0.1) is 0 Å². The molecular formula is C18H26FN3O3S. The molecule has 2 saturated heterocycles. The molecule has 0 saturated carbocycles. The zero-order valence-corrected chi connectivity index (χ0v) is 15.9. The highest BCUT2D eigenvalue weighted by Crippen LogP contribution is 2.19. The molecule has 2 fully saturated rings. The molecule has 1 amide bonds. The van der Waals surface area contributed by atoms with Crippen LogP contribution in [0.25, 0.3) is 0 Å². The van der Waals surface area contributed by atoms with Crippen LogP contribution in [-0.4, -0.2) is 80.9 Å². The maximum Gasteiger partial charge on any atom is 0.237 e. The van der Waals surface area contributed by atoms with Gasteiger partial charge >= 0.3 is 0 Å². The van der Waals surface area contributed by atoms with Gasteiger partial charge in [0.15, 0.2) is 9.84 Å². The second kappa shape index (κ2) is 7.92. The van der Waals surface area contributed by atoms with Gasteiger partial charge in [0, 0.05) is 44.5 Å². The number of benzene rings is 1. The Labute approximate surface area is 154 Å². The lowest BCUT2D eigenvalue weighted by atomic mass is 10.2. The van der Waals surface area contributed by atoms with Crippen molar-refractivity contribution in [2.45, 2.75) is 19.4 Å². The van der Waals surface area contributed by atoms with Crippen molar-refractivity contribution < 1.29 is 17.6 Å². The molecule has 2 aliphatic rings. The summed E-state index contributed by atoms with van der Waals surface area (Å²) in [6.45, 7) is 5.82. The van der Waals surface area contributed by atoms with E-state index in [0.717, 1.165) is 31.9 Å². The first kappa shape index (κ1) is 19.1. The third-order valence-corrected chi connectivity index (χ3v) is 6.98. The molecule has 1 aromatic carbocycles. The number of rotatable bonds is 5. The fourth-order valence-electron chi connectivity index (χ4n) is 3.76. The standard InChI is InChI=1S/C18H26FN3O3S/c1-2-22(17-7-12-26(24,25)14-17)18(23)13-20-8-10-21(11-9-20)16-5-3-15(19)4-6-16/h3-6,17H,2,7-14H2,1H3/t17-/m1/s1. The number of amides is 1. The molecule has 0 spiro atoms. The van der Waals surface area contributed by atoms with E-state index in [9.17, 15) is 17.6 Å². The smallest absolute Gasteiger partial charge is 0.237 e. The molecule has 1 aromatic rings. The van der Waals surface area contributed by atoms with Crippen molar-refractivity contribution in [1.29, 1.82) is 0 Å². The molecule has 8 heteroatoms. The van der Waals surface area contributed by atoms with Crippen LogP contribution in [0.15, 0.2) is 24.3 Å². The van der Waals surface area contributed by atoms with Crippen molar-refractivity contribution in [2.24, 2.45) is 0 Å². The normalized spacial score (nSPS) is 23.2. The van der Waals surface area contributed by atoms with Crippen LogP contribution in [0.4, 0.5) is 10.1 Å². The molecule has 144 valence electrons. The van der Waals surface area contributed by atoms with Gasteiger partial charge in [0.2, 0.25) is 5.91 Å². The number of likely N-dealkylation sites (N-methyl/N-ethyl adjacent to an activating group) is 1. The van der Waals surface area contributed by atoms with Gasteiger partial charge in [-0.1, -0.05) is 0 Å². The van der Waals surface area contributed by atoms with Crippen LogP contribution < -0.4 is 4.90 Å². The summed E-state index contributed by atoms with van der Waals surface area (Å²) in [5.74, 6) is 0.0271. The second-order valence-corrected chi connectivity index (χ2v) is 9.20. The predicted molar refractivity (Wildman–Crippen MR) is 99.5 cm³/mol. The van der Waals surface area contributed by atoms with E-state index in [1.807, 2.05) is 6.92 Å². The van der Waals surface area contributed by atoms with Crippen LogP contribution in [0.5, 0.6) is 0 Å². The molecule has 0 radical (unpaired) electrons. The fraction of sp³-hybridized carbons (Fsp3) is 0.611. The summed E-state index contributed by atoms with van der Waals surface area (Å²) in [6, 6.07) is 6.28. The summed E-state index contributed by atoms with van der Waals surface area (Å²) in [6.07, 6.45) is 0.542. The van der Waals surface area contributed by atoms with Gasteiger partial charge in [0.1, 0.15) is 5.82 Å². The van der Waals surface area contributed by atoms with Crippen LogP contribution in [0.2, 0.25) is 0 Å². The van der Waals surface area contributed by atoms with E-state index in [4.69, 9.17) is 0 Å². The fourth-order valence-corrected chi connectivity index (χ4v) is 5.49. The Morgan fingerprint density at radius 2 is 1.85 bits per heavy atom. The Kier molecular flexibility index (Phi) is 5.82. The minimum absolute atomic E-state index is 0.00447. The molecule has 26 heavy (non-hydrogen) atoms. The highest BCUT2D eigenvalue weighted by molar-refractivity contribution is 7.91. The number of piperazine rings is 1. The van der Waals surface area contributed by atoms with Crippen molar-refractivity contribution >= 4 is 21.4 Å². The Bertz CT molecular complexity index is 731. The lowest BCUT2D eigenvalue weighted by Crippen LogP contribution is -2.51. The molecule has 1 atom stereocenters. The van der Waals surface area contributed by atoms with Gasteiger partial charge in [0.05, 0.1) is 18.1 Å². The lowest BCUT2D eigenvalue weighted by Gasteiger charge is -2.37. The lowest BCUT2D eigenvalue weighted by molar-refractivity contribution is -0.134. The largest absolute Gasteiger partial charge is 0.369 e. The first-order chi connectivity index (χ1) is 12.4. The highest BCUT2D eigenvalue weighted by atomic mass is 32.2. The number of hydrogen-bond donors (Lipinski definition) is 0. The quantitative estimate of drug-likeness (QED) is 0.759. The molecule has 0 aromatic heterocycles. The molecule has 3 rings (SSSR count). The molecule has 6 nitrogen and oxygen atoms in total. The average molecular weight is 383 g/mol. The first-order valence-electron chi connectivity index (χ1n) is 9.11. The summed E-state index contributed by atoms with van der Waals surface area (Å²) >= 11 is 0. The summed E-state index contributed by atoms with van der Waals surface area (Å²) in [4.78, 5) is 18.7. The molecule has 2 aliphatic heterocycles. The van der Waals surface area contributed by atoms with Crippen molar-refractivity contribution in [2.75, 3.05) is 55.7 Å². The van der Waals surface area contributed by atoms with E-state index in [2.05, 4.69) is 9.80 Å². The van der Waals surface area contributed by atoms with E-state index in [-0.39, 0.29) is 29.3 Å². The number of carbonyl (C=O) groups excluding carboxylic acids is 1. The summed E-state index contributed by atoms with van der Waals surface area (Å²) in [7, 11) is -3.00. The Hall–Kier alpha value is -1.67. The molecule has 0 bridgehead atoms. The topological polar surface area (TPSA) is 60.9 Å². The van der Waals surface area contributed by atoms with E-state index < -0.39 is 9.84 Å². The minimum atomic E-state index is -3.00. The summed E-state index contributed by atoms with van der Waals surface area (Å²) < 4.78 is 36.4. The second-order valence-electron chi connectivity index (χ2n) is 6.98. The van der Waals surface area contributed by atoms with Gasteiger partial charge in [-0.05, 0) is 37.6 Å². The van der Waals surface area contributed by atoms with Crippen LogP contribution in [0.1, 0.15) is 13.3 Å². The SMILES string of the molecule is CCN(C(=O)CN1CCN(c2ccc(F)cc2)CC1)[C@@H]1CCS(=O)(=O)C1. The van der Waals surface area contributed by atoms with E-state index in [1.54, 1.807) is 17.0 Å². The maximum atomic E-state index is 13.0. The van der Waals surface area contributed by atoms with E-state index in [1.165, 1.54) is 12.1 Å². The third kappa shape index (κ3) is 4.54. The van der Waals surface area contributed by atoms with Crippen LogP contribution in [0, 0.1) is 5.82 Å². The Morgan fingerprint density at radius 1 is 1.19 bits per heavy atom. The van der Waals surface area contributed by atoms with Gasteiger partial charge in [-0.2, -0.15) is 0 Å². The van der Waals surface area contributed by atoms with Gasteiger partial charge in [0.25, 0.3) is 0 Å². The van der Waals surface area contributed by atoms with Gasteiger partial charge in [-0.3, -0.25) is 9.69 Å². The van der Waals surface area contributed by atoms with Crippen LogP contribution in [0.3, 0.4) is 0 Å². The van der Waals surface area contributed by atoms with E-state index >= 15 is 0 Å². The van der Waals surface area contributed by atoms with Crippen molar-refractivity contribution in [3.05, 3.63) is 30.1 Å². The highest BCUT2D eigenvalue weighted by Gasteiger charge is 2.34. The minimum Gasteiger partial charge on any atom is -0.369 e. The number of anilines is 1. The van der Waals surface area contributed by atoms with Crippen molar-refractivity contribution in [3.8, 4) is 0 Å². The summed E-state index contributed by atoms with van der Waals surface area (Å²) in [5, 5.41) is 0. The Balaban J connectivity index is 1.51. The number of carbonyl (C=O) groups is 1. The van der Waals surface area contributed by atoms with Gasteiger partial charge in [-0.25, -0.2) is 12.8 Å². The zero-order chi connectivity index (χ0) is 18.7. The Morgan fingerprint density at radius 3 is 2.38 bits per heavy atom.